The van der Waals surface area contributed by atoms with Crippen molar-refractivity contribution >= 4 is 22.6 Å². The van der Waals surface area contributed by atoms with Gasteiger partial charge in [-0.05, 0) is 51.9 Å². The maximum atomic E-state index is 10.2. The number of hydrogen-bond donors (Lipinski definition) is 1. The van der Waals surface area contributed by atoms with E-state index in [1.165, 1.54) is 3.57 Å². The molecular weight excluding hydrogens is 339 g/mol. The molecule has 0 bridgehead atoms. The summed E-state index contributed by atoms with van der Waals surface area (Å²) >= 11 is 2.25. The smallest absolute Gasteiger partial charge is 0.122 e. The van der Waals surface area contributed by atoms with Crippen LogP contribution in [0.5, 0.6) is 5.75 Å². The summed E-state index contributed by atoms with van der Waals surface area (Å²) in [5.41, 5.74) is 1.95. The van der Waals surface area contributed by atoms with E-state index in [2.05, 4.69) is 22.6 Å². The number of benzene rings is 2. The first-order chi connectivity index (χ1) is 8.70. The summed E-state index contributed by atoms with van der Waals surface area (Å²) in [4.78, 5) is 0. The molecule has 0 aliphatic heterocycles. The third kappa shape index (κ3) is 3.23. The molecule has 0 aliphatic carbocycles. The van der Waals surface area contributed by atoms with Crippen LogP contribution in [0.25, 0.3) is 0 Å². The quantitative estimate of drug-likeness (QED) is 0.851. The maximum absolute atomic E-state index is 10.2. The van der Waals surface area contributed by atoms with Gasteiger partial charge in [0, 0.05) is 9.99 Å². The maximum Gasteiger partial charge on any atom is 0.122 e. The predicted molar refractivity (Wildman–Crippen MR) is 80.8 cm³/mol. The van der Waals surface area contributed by atoms with Crippen LogP contribution in [0.15, 0.2) is 48.5 Å². The first kappa shape index (κ1) is 13.4. The van der Waals surface area contributed by atoms with E-state index >= 15 is 0 Å². The van der Waals surface area contributed by atoms with Crippen molar-refractivity contribution in [3.63, 3.8) is 0 Å². The average Bonchev–Trinajstić information content (AvgIpc) is 2.40. The fourth-order valence-corrected chi connectivity index (χ4v) is 2.24. The van der Waals surface area contributed by atoms with Crippen LogP contribution < -0.4 is 4.74 Å². The van der Waals surface area contributed by atoms with Gasteiger partial charge in [0.05, 0.1) is 13.2 Å². The molecule has 1 N–H and O–H groups in total. The van der Waals surface area contributed by atoms with Gasteiger partial charge in [0.2, 0.25) is 0 Å². The fraction of sp³-hybridized carbons (Fsp3) is 0.200. The molecule has 1 atom stereocenters. The Morgan fingerprint density at radius 1 is 1.11 bits per heavy atom. The number of halogens is 1. The van der Waals surface area contributed by atoms with Crippen LogP contribution >= 0.6 is 22.6 Å². The zero-order valence-electron chi connectivity index (χ0n) is 10.1. The van der Waals surface area contributed by atoms with Crippen molar-refractivity contribution in [1.29, 1.82) is 0 Å². The summed E-state index contributed by atoms with van der Waals surface area (Å²) in [6.07, 6.45) is 0.0586. The minimum Gasteiger partial charge on any atom is -0.496 e. The van der Waals surface area contributed by atoms with E-state index in [1.54, 1.807) is 7.11 Å². The monoisotopic (exact) mass is 354 g/mol. The summed E-state index contributed by atoms with van der Waals surface area (Å²) in [5, 5.41) is 10.2. The number of aliphatic hydroxyl groups excluding tert-OH is 1. The van der Waals surface area contributed by atoms with Gasteiger partial charge in [-0.25, -0.2) is 0 Å². The molecular formula is C15H15IO2. The molecule has 2 rings (SSSR count). The van der Waals surface area contributed by atoms with Crippen molar-refractivity contribution in [3.8, 4) is 5.75 Å². The predicted octanol–water partition coefficient (Wildman–Crippen LogP) is 3.58. The Morgan fingerprint density at radius 2 is 1.78 bits per heavy atom. The van der Waals surface area contributed by atoms with E-state index < -0.39 is 6.10 Å². The molecule has 94 valence electrons. The molecule has 0 saturated heterocycles. The zero-order chi connectivity index (χ0) is 13.0. The molecule has 1 unspecified atom stereocenters. The van der Waals surface area contributed by atoms with Gasteiger partial charge in [-0.2, -0.15) is 0 Å². The number of hydrogen-bond acceptors (Lipinski definition) is 2. The lowest BCUT2D eigenvalue weighted by Gasteiger charge is -2.13. The third-order valence-corrected chi connectivity index (χ3v) is 3.58. The van der Waals surface area contributed by atoms with Crippen molar-refractivity contribution in [3.05, 3.63) is 63.2 Å². The van der Waals surface area contributed by atoms with Gasteiger partial charge in [-0.15, -0.1) is 0 Å². The Hall–Kier alpha value is -1.07. The van der Waals surface area contributed by atoms with Gasteiger partial charge < -0.3 is 9.84 Å². The summed E-state index contributed by atoms with van der Waals surface area (Å²) in [7, 11) is 1.65. The van der Waals surface area contributed by atoms with Crippen LogP contribution in [0.3, 0.4) is 0 Å². The zero-order valence-corrected chi connectivity index (χ0v) is 12.3. The highest BCUT2D eigenvalue weighted by Crippen LogP contribution is 2.25. The van der Waals surface area contributed by atoms with Gasteiger partial charge in [-0.1, -0.05) is 30.3 Å². The summed E-state index contributed by atoms with van der Waals surface area (Å²) in [5.74, 6) is 0.821. The Kier molecular flexibility index (Phi) is 4.60. The van der Waals surface area contributed by atoms with Gasteiger partial charge >= 0.3 is 0 Å². The SMILES string of the molecule is COc1ccccc1CC(O)c1ccc(I)cc1. The van der Waals surface area contributed by atoms with Crippen LogP contribution in [0.1, 0.15) is 17.2 Å². The second-order valence-corrected chi connectivity index (χ2v) is 5.33. The molecule has 0 aliphatic rings. The van der Waals surface area contributed by atoms with E-state index in [9.17, 15) is 5.11 Å². The second kappa shape index (κ2) is 6.20. The summed E-state index contributed by atoms with van der Waals surface area (Å²) < 4.78 is 6.46. The molecule has 0 heterocycles. The normalized spacial score (nSPS) is 12.2. The van der Waals surface area contributed by atoms with Gasteiger partial charge in [0.15, 0.2) is 0 Å². The van der Waals surface area contributed by atoms with Gasteiger partial charge in [-0.3, -0.25) is 0 Å². The lowest BCUT2D eigenvalue weighted by Crippen LogP contribution is -2.03. The summed E-state index contributed by atoms with van der Waals surface area (Å²) in [6, 6.07) is 15.7. The molecule has 0 amide bonds. The Labute approximate surface area is 121 Å². The second-order valence-electron chi connectivity index (χ2n) is 4.08. The van der Waals surface area contributed by atoms with Crippen LogP contribution in [0.4, 0.5) is 0 Å². The largest absolute Gasteiger partial charge is 0.496 e. The Bertz CT molecular complexity index is 508. The lowest BCUT2D eigenvalue weighted by atomic mass is 10.0. The molecule has 18 heavy (non-hydrogen) atoms. The first-order valence-corrected chi connectivity index (χ1v) is 6.84. The number of methoxy groups -OCH3 is 1. The van der Waals surface area contributed by atoms with Gasteiger partial charge in [0.1, 0.15) is 5.75 Å². The highest BCUT2D eigenvalue weighted by Gasteiger charge is 2.11. The number of para-hydroxylation sites is 1. The van der Waals surface area contributed by atoms with E-state index in [4.69, 9.17) is 4.74 Å². The van der Waals surface area contributed by atoms with Crippen molar-refractivity contribution in [1.82, 2.24) is 0 Å². The van der Waals surface area contributed by atoms with E-state index in [-0.39, 0.29) is 0 Å². The Morgan fingerprint density at radius 3 is 2.44 bits per heavy atom. The molecule has 0 radical (unpaired) electrons. The molecule has 2 aromatic rings. The molecule has 2 nitrogen and oxygen atoms in total. The number of aliphatic hydroxyl groups is 1. The number of rotatable bonds is 4. The minimum absolute atomic E-state index is 0.502. The number of ether oxygens (including phenoxy) is 1. The highest BCUT2D eigenvalue weighted by atomic mass is 127. The molecule has 0 aromatic heterocycles. The van der Waals surface area contributed by atoms with E-state index in [1.807, 2.05) is 48.5 Å². The molecule has 0 spiro atoms. The molecule has 0 saturated carbocycles. The van der Waals surface area contributed by atoms with Crippen molar-refractivity contribution in [2.45, 2.75) is 12.5 Å². The van der Waals surface area contributed by atoms with Crippen LogP contribution in [0, 0.1) is 3.57 Å². The average molecular weight is 354 g/mol. The van der Waals surface area contributed by atoms with E-state index in [0.717, 1.165) is 16.9 Å². The van der Waals surface area contributed by atoms with Crippen LogP contribution in [-0.2, 0) is 6.42 Å². The topological polar surface area (TPSA) is 29.5 Å². The van der Waals surface area contributed by atoms with E-state index in [0.29, 0.717) is 6.42 Å². The first-order valence-electron chi connectivity index (χ1n) is 5.76. The molecule has 2 aromatic carbocycles. The Balaban J connectivity index is 2.15. The highest BCUT2D eigenvalue weighted by molar-refractivity contribution is 14.1. The van der Waals surface area contributed by atoms with Crippen molar-refractivity contribution < 1.29 is 9.84 Å². The minimum atomic E-state index is -0.502. The third-order valence-electron chi connectivity index (χ3n) is 2.86. The fourth-order valence-electron chi connectivity index (χ4n) is 1.88. The van der Waals surface area contributed by atoms with Gasteiger partial charge in [0.25, 0.3) is 0 Å². The molecule has 0 fully saturated rings. The standard InChI is InChI=1S/C15H15IO2/c1-18-15-5-3-2-4-12(15)10-14(17)11-6-8-13(16)9-7-11/h2-9,14,17H,10H2,1H3. The van der Waals surface area contributed by atoms with Crippen LogP contribution in [0.2, 0.25) is 0 Å². The molecule has 3 heteroatoms. The van der Waals surface area contributed by atoms with Crippen molar-refractivity contribution in [2.24, 2.45) is 0 Å². The van der Waals surface area contributed by atoms with Crippen LogP contribution in [-0.4, -0.2) is 12.2 Å². The lowest BCUT2D eigenvalue weighted by molar-refractivity contribution is 0.177. The summed E-state index contributed by atoms with van der Waals surface area (Å²) in [6.45, 7) is 0. The van der Waals surface area contributed by atoms with Crippen molar-refractivity contribution in [2.75, 3.05) is 7.11 Å².